The highest BCUT2D eigenvalue weighted by Gasteiger charge is 2.25. The lowest BCUT2D eigenvalue weighted by atomic mass is 9.85. The van der Waals surface area contributed by atoms with Crippen molar-refractivity contribution in [2.24, 2.45) is 11.8 Å². The average Bonchev–Trinajstić information content (AvgIpc) is 3.03. The van der Waals surface area contributed by atoms with Crippen LogP contribution in [0.15, 0.2) is 30.1 Å². The van der Waals surface area contributed by atoms with E-state index in [2.05, 4.69) is 9.82 Å². The van der Waals surface area contributed by atoms with Gasteiger partial charge in [-0.25, -0.2) is 10.9 Å². The number of nitrogens with two attached hydrogens (primary N) is 1. The normalized spacial score (nSPS) is 17.1. The predicted octanol–water partition coefficient (Wildman–Crippen LogP) is 1.90. The number of aliphatic carboxylic acids is 1. The molecule has 0 atom stereocenters. The molecule has 1 fully saturated rings. The van der Waals surface area contributed by atoms with Crippen molar-refractivity contribution in [2.45, 2.75) is 44.9 Å². The lowest BCUT2D eigenvalue weighted by Gasteiger charge is -2.26. The number of carboxylic acids is 1. The molecule has 1 aromatic heterocycles. The summed E-state index contributed by atoms with van der Waals surface area (Å²) in [6.45, 7) is 0.270. The molecule has 1 aliphatic rings. The molecule has 0 aromatic carbocycles. The standard InChI is InChI=1S/C15H23N3O4/c16-21-9-6-13(10-14(19)20)15(12-4-2-1-3-5-12)22-18-8-7-17-11-18/h7-8,11-12H,1-6,9-10,16H2,(H,19,20). The number of carbonyl (C=O) groups is 1. The smallest absolute Gasteiger partial charge is 0.307 e. The summed E-state index contributed by atoms with van der Waals surface area (Å²) < 4.78 is 1.51. The lowest BCUT2D eigenvalue weighted by Crippen LogP contribution is -2.22. The van der Waals surface area contributed by atoms with Crippen LogP contribution < -0.4 is 10.7 Å². The number of hydrogen-bond donors (Lipinski definition) is 2. The Hall–Kier alpha value is -1.86. The minimum atomic E-state index is -0.880. The minimum Gasteiger partial charge on any atom is -0.481 e. The summed E-state index contributed by atoms with van der Waals surface area (Å²) in [4.78, 5) is 25.7. The number of allylic oxidation sites excluding steroid dienone is 1. The van der Waals surface area contributed by atoms with Crippen molar-refractivity contribution < 1.29 is 19.6 Å². The van der Waals surface area contributed by atoms with Crippen molar-refractivity contribution in [2.75, 3.05) is 6.61 Å². The molecule has 0 unspecified atom stereocenters. The lowest BCUT2D eigenvalue weighted by molar-refractivity contribution is -0.136. The van der Waals surface area contributed by atoms with E-state index in [0.29, 0.717) is 6.42 Å². The Bertz CT molecular complexity index is 493. The topological polar surface area (TPSA) is 99.6 Å². The highest BCUT2D eigenvalue weighted by Crippen LogP contribution is 2.32. The van der Waals surface area contributed by atoms with Gasteiger partial charge in [0.25, 0.3) is 0 Å². The quantitative estimate of drug-likeness (QED) is 0.562. The van der Waals surface area contributed by atoms with Gasteiger partial charge in [0.05, 0.1) is 19.2 Å². The molecule has 0 saturated heterocycles. The average molecular weight is 309 g/mol. The summed E-state index contributed by atoms with van der Waals surface area (Å²) in [7, 11) is 0. The Kier molecular flexibility index (Phi) is 6.42. The summed E-state index contributed by atoms with van der Waals surface area (Å²) >= 11 is 0. The van der Waals surface area contributed by atoms with Crippen molar-refractivity contribution in [1.29, 1.82) is 0 Å². The minimum absolute atomic E-state index is 0.0656. The molecule has 7 nitrogen and oxygen atoms in total. The highest BCUT2D eigenvalue weighted by atomic mass is 16.7. The molecule has 0 radical (unpaired) electrons. The summed E-state index contributed by atoms with van der Waals surface area (Å²) in [5.74, 6) is 5.19. The molecule has 22 heavy (non-hydrogen) atoms. The first-order valence-electron chi connectivity index (χ1n) is 7.62. The van der Waals surface area contributed by atoms with Crippen LogP contribution in [0.5, 0.6) is 0 Å². The fraction of sp³-hybridized carbons (Fsp3) is 0.600. The van der Waals surface area contributed by atoms with Gasteiger partial charge in [-0.3, -0.25) is 4.79 Å². The third kappa shape index (κ3) is 4.85. The number of hydrogen-bond acceptors (Lipinski definition) is 5. The SMILES string of the molecule is NOCCC(CC(=O)O)=C(On1ccnc1)C1CCCCC1. The maximum Gasteiger partial charge on any atom is 0.307 e. The molecule has 0 amide bonds. The van der Waals surface area contributed by atoms with Gasteiger partial charge < -0.3 is 14.8 Å². The predicted molar refractivity (Wildman–Crippen MR) is 79.4 cm³/mol. The molecule has 122 valence electrons. The van der Waals surface area contributed by atoms with Crippen molar-refractivity contribution in [3.8, 4) is 0 Å². The van der Waals surface area contributed by atoms with E-state index in [0.717, 1.165) is 37.0 Å². The van der Waals surface area contributed by atoms with E-state index in [4.69, 9.17) is 10.7 Å². The monoisotopic (exact) mass is 309 g/mol. The molecule has 3 N–H and O–H groups in total. The highest BCUT2D eigenvalue weighted by molar-refractivity contribution is 5.70. The van der Waals surface area contributed by atoms with Crippen LogP contribution in [0.25, 0.3) is 0 Å². The number of aromatic nitrogens is 2. The molecule has 0 spiro atoms. The van der Waals surface area contributed by atoms with Crippen LogP contribution in [0, 0.1) is 5.92 Å². The van der Waals surface area contributed by atoms with Crippen LogP contribution >= 0.6 is 0 Å². The third-order valence-corrected chi connectivity index (χ3v) is 3.89. The third-order valence-electron chi connectivity index (χ3n) is 3.89. The van der Waals surface area contributed by atoms with E-state index < -0.39 is 5.97 Å². The van der Waals surface area contributed by atoms with Gasteiger partial charge in [0.1, 0.15) is 12.1 Å². The first kappa shape index (κ1) is 16.5. The summed E-state index contributed by atoms with van der Waals surface area (Å²) in [6, 6.07) is 0. The number of imidazole rings is 1. The van der Waals surface area contributed by atoms with E-state index in [9.17, 15) is 9.90 Å². The van der Waals surface area contributed by atoms with E-state index in [-0.39, 0.29) is 18.9 Å². The van der Waals surface area contributed by atoms with Gasteiger partial charge in [0.15, 0.2) is 0 Å². The summed E-state index contributed by atoms with van der Waals surface area (Å²) in [6.07, 6.45) is 10.8. The number of nitrogens with zero attached hydrogens (tertiary/aromatic N) is 2. The fourth-order valence-corrected chi connectivity index (χ4v) is 2.87. The molecule has 7 heteroatoms. The van der Waals surface area contributed by atoms with Crippen LogP contribution in [0.4, 0.5) is 0 Å². The van der Waals surface area contributed by atoms with Crippen molar-refractivity contribution in [3.63, 3.8) is 0 Å². The van der Waals surface area contributed by atoms with Gasteiger partial charge in [0, 0.05) is 12.1 Å². The second-order valence-electron chi connectivity index (χ2n) is 5.51. The Morgan fingerprint density at radius 2 is 2.14 bits per heavy atom. The van der Waals surface area contributed by atoms with E-state index >= 15 is 0 Å². The second kappa shape index (κ2) is 8.55. The van der Waals surface area contributed by atoms with Crippen LogP contribution in [0.1, 0.15) is 44.9 Å². The maximum absolute atomic E-state index is 11.2. The van der Waals surface area contributed by atoms with Crippen molar-refractivity contribution >= 4 is 5.97 Å². The number of rotatable bonds is 8. The zero-order valence-electron chi connectivity index (χ0n) is 12.6. The van der Waals surface area contributed by atoms with Gasteiger partial charge in [0.2, 0.25) is 0 Å². The Morgan fingerprint density at radius 1 is 1.36 bits per heavy atom. The van der Waals surface area contributed by atoms with Crippen LogP contribution in [-0.2, 0) is 9.63 Å². The first-order valence-corrected chi connectivity index (χ1v) is 7.62. The molecule has 1 aliphatic carbocycles. The molecule has 1 aromatic rings. The molecule has 1 saturated carbocycles. The van der Waals surface area contributed by atoms with E-state index in [1.807, 2.05) is 0 Å². The zero-order valence-corrected chi connectivity index (χ0v) is 12.6. The van der Waals surface area contributed by atoms with Gasteiger partial charge in [-0.2, -0.15) is 4.73 Å². The Balaban J connectivity index is 2.26. The van der Waals surface area contributed by atoms with Gasteiger partial charge >= 0.3 is 5.97 Å². The van der Waals surface area contributed by atoms with E-state index in [1.165, 1.54) is 11.2 Å². The van der Waals surface area contributed by atoms with Crippen molar-refractivity contribution in [1.82, 2.24) is 9.71 Å². The van der Waals surface area contributed by atoms with Crippen LogP contribution in [0.3, 0.4) is 0 Å². The second-order valence-corrected chi connectivity index (χ2v) is 5.51. The number of carboxylic acid groups (broad SMARTS) is 1. The zero-order chi connectivity index (χ0) is 15.8. The summed E-state index contributed by atoms with van der Waals surface area (Å²) in [5.41, 5.74) is 0.735. The molecule has 0 bridgehead atoms. The molecular weight excluding hydrogens is 286 g/mol. The molecule has 2 rings (SSSR count). The Morgan fingerprint density at radius 3 is 2.73 bits per heavy atom. The fourth-order valence-electron chi connectivity index (χ4n) is 2.87. The largest absolute Gasteiger partial charge is 0.481 e. The van der Waals surface area contributed by atoms with Crippen LogP contribution in [0.2, 0.25) is 0 Å². The molecule has 0 aliphatic heterocycles. The van der Waals surface area contributed by atoms with Gasteiger partial charge in [-0.1, -0.05) is 19.3 Å². The van der Waals surface area contributed by atoms with Gasteiger partial charge in [-0.05, 0) is 24.8 Å². The van der Waals surface area contributed by atoms with Crippen molar-refractivity contribution in [3.05, 3.63) is 30.1 Å². The van der Waals surface area contributed by atoms with Crippen LogP contribution in [-0.4, -0.2) is 27.4 Å². The maximum atomic E-state index is 11.2. The summed E-state index contributed by atoms with van der Waals surface area (Å²) in [5, 5.41) is 9.18. The van der Waals surface area contributed by atoms with Gasteiger partial charge in [-0.15, -0.1) is 0 Å². The first-order chi connectivity index (χ1) is 10.7. The van der Waals surface area contributed by atoms with E-state index in [1.54, 1.807) is 18.7 Å². The molecular formula is C15H23N3O4. The molecule has 1 heterocycles. The Labute approximate surface area is 129 Å².